The largest absolute Gasteiger partial charge is 0.313 e. The van der Waals surface area contributed by atoms with Gasteiger partial charge in [0.15, 0.2) is 0 Å². The predicted molar refractivity (Wildman–Crippen MR) is 81.5 cm³/mol. The van der Waals surface area contributed by atoms with Crippen molar-refractivity contribution in [1.82, 2.24) is 5.32 Å². The molecule has 2 rings (SSSR count). The van der Waals surface area contributed by atoms with Crippen molar-refractivity contribution < 1.29 is 4.39 Å². The van der Waals surface area contributed by atoms with Crippen molar-refractivity contribution in [2.45, 2.75) is 19.9 Å². The molecule has 0 amide bonds. The average Bonchev–Trinajstić information content (AvgIpc) is 2.41. The van der Waals surface area contributed by atoms with E-state index >= 15 is 0 Å². The van der Waals surface area contributed by atoms with Crippen molar-refractivity contribution in [3.8, 4) is 11.1 Å². The van der Waals surface area contributed by atoms with Crippen LogP contribution < -0.4 is 5.32 Å². The van der Waals surface area contributed by atoms with Gasteiger partial charge in [0.05, 0.1) is 0 Å². The molecule has 100 valence electrons. The first-order valence-electron chi connectivity index (χ1n) is 6.46. The van der Waals surface area contributed by atoms with E-state index in [1.807, 2.05) is 36.4 Å². The molecule has 0 bridgehead atoms. The van der Waals surface area contributed by atoms with Gasteiger partial charge in [0.1, 0.15) is 5.82 Å². The quantitative estimate of drug-likeness (QED) is 0.783. The smallest absolute Gasteiger partial charge is 0.128 e. The maximum atomic E-state index is 14.0. The highest BCUT2D eigenvalue weighted by molar-refractivity contribution is 9.10. The Morgan fingerprint density at radius 1 is 1.11 bits per heavy atom. The topological polar surface area (TPSA) is 12.0 Å². The summed E-state index contributed by atoms with van der Waals surface area (Å²) in [6, 6.07) is 13.3. The van der Waals surface area contributed by atoms with Crippen molar-refractivity contribution >= 4 is 15.9 Å². The van der Waals surface area contributed by atoms with E-state index in [1.165, 1.54) is 0 Å². The fraction of sp³-hybridized carbons (Fsp3) is 0.250. The molecular formula is C16H17BrFN. The van der Waals surface area contributed by atoms with Gasteiger partial charge in [-0.25, -0.2) is 4.39 Å². The fourth-order valence-electron chi connectivity index (χ4n) is 1.94. The second-order valence-corrected chi connectivity index (χ2v) is 5.41. The first kappa shape index (κ1) is 14.2. The minimum atomic E-state index is -0.152. The lowest BCUT2D eigenvalue weighted by atomic mass is 10.0. The molecule has 2 aromatic rings. The van der Waals surface area contributed by atoms with Crippen LogP contribution in [0.15, 0.2) is 46.9 Å². The molecule has 0 aliphatic heterocycles. The monoisotopic (exact) mass is 321 g/mol. The zero-order chi connectivity index (χ0) is 13.7. The molecule has 0 unspecified atom stereocenters. The van der Waals surface area contributed by atoms with E-state index in [2.05, 4.69) is 28.2 Å². The van der Waals surface area contributed by atoms with Crippen LogP contribution in [0, 0.1) is 5.82 Å². The molecule has 0 aliphatic carbocycles. The predicted octanol–water partition coefficient (Wildman–Crippen LogP) is 4.75. The number of nitrogens with one attached hydrogen (secondary N) is 1. The molecular weight excluding hydrogens is 305 g/mol. The Hall–Kier alpha value is -1.19. The van der Waals surface area contributed by atoms with E-state index in [4.69, 9.17) is 0 Å². The molecule has 0 saturated heterocycles. The van der Waals surface area contributed by atoms with E-state index in [0.29, 0.717) is 12.1 Å². The lowest BCUT2D eigenvalue weighted by Gasteiger charge is -2.08. The van der Waals surface area contributed by atoms with Gasteiger partial charge in [-0.2, -0.15) is 0 Å². The number of halogens is 2. The molecule has 0 spiro atoms. The third kappa shape index (κ3) is 3.88. The SMILES string of the molecule is CCCNCc1ccc(-c2cccc(Br)c2)cc1F. The van der Waals surface area contributed by atoms with Gasteiger partial charge in [-0.1, -0.05) is 47.1 Å². The second kappa shape index (κ2) is 6.83. The Bertz CT molecular complexity index is 554. The summed E-state index contributed by atoms with van der Waals surface area (Å²) in [6.45, 7) is 3.59. The van der Waals surface area contributed by atoms with Crippen LogP contribution in [-0.4, -0.2) is 6.54 Å². The van der Waals surface area contributed by atoms with Crippen LogP contribution in [0.5, 0.6) is 0 Å². The van der Waals surface area contributed by atoms with Crippen LogP contribution in [0.4, 0.5) is 4.39 Å². The molecule has 0 atom stereocenters. The molecule has 3 heteroatoms. The molecule has 19 heavy (non-hydrogen) atoms. The Morgan fingerprint density at radius 2 is 1.89 bits per heavy atom. The molecule has 1 N–H and O–H groups in total. The van der Waals surface area contributed by atoms with Crippen molar-refractivity contribution in [2.75, 3.05) is 6.54 Å². The lowest BCUT2D eigenvalue weighted by molar-refractivity contribution is 0.587. The zero-order valence-corrected chi connectivity index (χ0v) is 12.5. The van der Waals surface area contributed by atoms with Crippen molar-refractivity contribution in [2.24, 2.45) is 0 Å². The summed E-state index contributed by atoms with van der Waals surface area (Å²) in [7, 11) is 0. The van der Waals surface area contributed by atoms with Gasteiger partial charge in [0.2, 0.25) is 0 Å². The number of rotatable bonds is 5. The second-order valence-electron chi connectivity index (χ2n) is 4.49. The van der Waals surface area contributed by atoms with Gasteiger partial charge in [-0.05, 0) is 42.3 Å². The van der Waals surface area contributed by atoms with Crippen molar-refractivity contribution in [1.29, 1.82) is 0 Å². The third-order valence-electron chi connectivity index (χ3n) is 2.95. The van der Waals surface area contributed by atoms with Gasteiger partial charge in [0.25, 0.3) is 0 Å². The van der Waals surface area contributed by atoms with Gasteiger partial charge < -0.3 is 5.32 Å². The van der Waals surface area contributed by atoms with Crippen molar-refractivity contribution in [3.05, 3.63) is 58.3 Å². The van der Waals surface area contributed by atoms with Gasteiger partial charge in [-0.3, -0.25) is 0 Å². The molecule has 0 radical (unpaired) electrons. The highest BCUT2D eigenvalue weighted by atomic mass is 79.9. The molecule has 0 aromatic heterocycles. The molecule has 0 aliphatic rings. The molecule has 0 fully saturated rings. The maximum Gasteiger partial charge on any atom is 0.128 e. The lowest BCUT2D eigenvalue weighted by Crippen LogP contribution is -2.14. The van der Waals surface area contributed by atoms with Gasteiger partial charge in [-0.15, -0.1) is 0 Å². The normalized spacial score (nSPS) is 10.7. The Balaban J connectivity index is 2.19. The zero-order valence-electron chi connectivity index (χ0n) is 10.9. The first-order valence-corrected chi connectivity index (χ1v) is 7.25. The minimum Gasteiger partial charge on any atom is -0.313 e. The summed E-state index contributed by atoms with van der Waals surface area (Å²) in [6.07, 6.45) is 1.05. The number of hydrogen-bond acceptors (Lipinski definition) is 1. The average molecular weight is 322 g/mol. The minimum absolute atomic E-state index is 0.152. The summed E-state index contributed by atoms with van der Waals surface area (Å²) in [5.74, 6) is -0.152. The molecule has 1 nitrogen and oxygen atoms in total. The van der Waals surface area contributed by atoms with Crippen LogP contribution >= 0.6 is 15.9 Å². The number of hydrogen-bond donors (Lipinski definition) is 1. The number of benzene rings is 2. The van der Waals surface area contributed by atoms with Gasteiger partial charge >= 0.3 is 0 Å². The van der Waals surface area contributed by atoms with E-state index in [-0.39, 0.29) is 5.82 Å². The van der Waals surface area contributed by atoms with Crippen LogP contribution in [0.1, 0.15) is 18.9 Å². The van der Waals surface area contributed by atoms with Crippen LogP contribution in [0.25, 0.3) is 11.1 Å². The van der Waals surface area contributed by atoms with Gasteiger partial charge in [0, 0.05) is 16.6 Å². The highest BCUT2D eigenvalue weighted by Gasteiger charge is 2.05. The first-order chi connectivity index (χ1) is 9.20. The van der Waals surface area contributed by atoms with E-state index < -0.39 is 0 Å². The maximum absolute atomic E-state index is 14.0. The summed E-state index contributed by atoms with van der Waals surface area (Å²) >= 11 is 3.43. The van der Waals surface area contributed by atoms with Crippen molar-refractivity contribution in [3.63, 3.8) is 0 Å². The highest BCUT2D eigenvalue weighted by Crippen LogP contribution is 2.24. The van der Waals surface area contributed by atoms with Crippen LogP contribution in [0.3, 0.4) is 0 Å². The summed E-state index contributed by atoms with van der Waals surface area (Å²) < 4.78 is 15.0. The van der Waals surface area contributed by atoms with E-state index in [1.54, 1.807) is 6.07 Å². The molecule has 0 heterocycles. The van der Waals surface area contributed by atoms with E-state index in [9.17, 15) is 4.39 Å². The molecule has 2 aromatic carbocycles. The van der Waals surface area contributed by atoms with Crippen LogP contribution in [-0.2, 0) is 6.54 Å². The van der Waals surface area contributed by atoms with Crippen LogP contribution in [0.2, 0.25) is 0 Å². The Morgan fingerprint density at radius 3 is 2.58 bits per heavy atom. The fourth-order valence-corrected chi connectivity index (χ4v) is 2.34. The Labute approximate surface area is 122 Å². The molecule has 0 saturated carbocycles. The standard InChI is InChI=1S/C16H17BrFN/c1-2-8-19-11-14-7-6-13(10-16(14)18)12-4-3-5-15(17)9-12/h3-7,9-10,19H,2,8,11H2,1H3. The van der Waals surface area contributed by atoms with E-state index in [0.717, 1.165) is 28.6 Å². The Kier molecular flexibility index (Phi) is 5.11. The summed E-state index contributed by atoms with van der Waals surface area (Å²) in [5.41, 5.74) is 2.63. The third-order valence-corrected chi connectivity index (χ3v) is 3.45. The summed E-state index contributed by atoms with van der Waals surface area (Å²) in [4.78, 5) is 0. The summed E-state index contributed by atoms with van der Waals surface area (Å²) in [5, 5.41) is 3.21.